The molecule has 39 heavy (non-hydrogen) atoms. The maximum atomic E-state index is 13.1. The second-order valence-electron chi connectivity index (χ2n) is 8.24. The molecule has 0 saturated heterocycles. The highest BCUT2D eigenvalue weighted by Gasteiger charge is 2.17. The van der Waals surface area contributed by atoms with E-state index in [1.54, 1.807) is 49.4 Å². The van der Waals surface area contributed by atoms with Crippen LogP contribution in [0.4, 0.5) is 5.69 Å². The molecule has 3 aromatic carbocycles. The molecule has 3 N–H and O–H groups in total. The van der Waals surface area contributed by atoms with E-state index in [4.69, 9.17) is 16.3 Å². The van der Waals surface area contributed by atoms with Gasteiger partial charge in [0.1, 0.15) is 5.70 Å². The van der Waals surface area contributed by atoms with Gasteiger partial charge in [-0.3, -0.25) is 9.59 Å². The summed E-state index contributed by atoms with van der Waals surface area (Å²) in [6, 6.07) is 17.4. The number of phenolic OH excluding ortho intramolecular Hbond substituents is 1. The van der Waals surface area contributed by atoms with Gasteiger partial charge in [-0.25, -0.2) is 5.43 Å². The van der Waals surface area contributed by atoms with Crippen LogP contribution in [0, 0.1) is 0 Å². The molecule has 10 heteroatoms. The van der Waals surface area contributed by atoms with Gasteiger partial charge in [0.2, 0.25) is 0 Å². The highest BCUT2D eigenvalue weighted by molar-refractivity contribution is 9.10. The van der Waals surface area contributed by atoms with E-state index in [0.29, 0.717) is 22.2 Å². The van der Waals surface area contributed by atoms with Gasteiger partial charge in [0, 0.05) is 18.8 Å². The maximum Gasteiger partial charge on any atom is 0.287 e. The minimum Gasteiger partial charge on any atom is -0.503 e. The summed E-state index contributed by atoms with van der Waals surface area (Å²) in [7, 11) is 0. The second-order valence-corrected chi connectivity index (χ2v) is 9.50. The third-order valence-electron chi connectivity index (χ3n) is 5.67. The van der Waals surface area contributed by atoms with Gasteiger partial charge in [0.15, 0.2) is 11.5 Å². The van der Waals surface area contributed by atoms with Crippen LogP contribution in [-0.4, -0.2) is 42.8 Å². The van der Waals surface area contributed by atoms with Crippen molar-refractivity contribution in [3.05, 3.63) is 92.5 Å². The Balaban J connectivity index is 1.86. The summed E-state index contributed by atoms with van der Waals surface area (Å²) in [5.41, 5.74) is 4.99. The number of amides is 2. The first-order valence-corrected chi connectivity index (χ1v) is 13.6. The van der Waals surface area contributed by atoms with Crippen molar-refractivity contribution in [3.63, 3.8) is 0 Å². The highest BCUT2D eigenvalue weighted by Crippen LogP contribution is 2.35. The number of ether oxygens (including phenoxy) is 1. The number of carbonyl (C=O) groups excluding carboxylic acids is 2. The molecule has 0 spiro atoms. The molecule has 3 rings (SSSR count). The van der Waals surface area contributed by atoms with Crippen molar-refractivity contribution in [2.75, 3.05) is 24.6 Å². The first-order chi connectivity index (χ1) is 18.8. The molecular weight excluding hydrogens is 584 g/mol. The Hall–Kier alpha value is -3.82. The van der Waals surface area contributed by atoms with Gasteiger partial charge in [-0.2, -0.15) is 5.10 Å². The molecular formula is C29H30BrClN4O4. The summed E-state index contributed by atoms with van der Waals surface area (Å²) in [5.74, 6) is -0.921. The Bertz CT molecular complexity index is 1370. The Labute approximate surface area is 241 Å². The summed E-state index contributed by atoms with van der Waals surface area (Å²) in [4.78, 5) is 28.3. The number of hydrazone groups is 1. The lowest BCUT2D eigenvalue weighted by molar-refractivity contribution is -0.117. The molecule has 0 bridgehead atoms. The van der Waals surface area contributed by atoms with E-state index in [2.05, 4.69) is 50.5 Å². The largest absolute Gasteiger partial charge is 0.503 e. The maximum absolute atomic E-state index is 13.1. The summed E-state index contributed by atoms with van der Waals surface area (Å²) in [5, 5.41) is 17.0. The summed E-state index contributed by atoms with van der Waals surface area (Å²) in [6.07, 6.45) is 2.97. The number of nitrogens with zero attached hydrogens (tertiary/aromatic N) is 2. The number of halogens is 2. The Morgan fingerprint density at radius 3 is 2.38 bits per heavy atom. The van der Waals surface area contributed by atoms with Crippen molar-refractivity contribution >= 4 is 57.3 Å². The number of carbonyl (C=O) groups is 2. The van der Waals surface area contributed by atoms with Crippen LogP contribution in [0.2, 0.25) is 5.02 Å². The van der Waals surface area contributed by atoms with Gasteiger partial charge < -0.3 is 20.1 Å². The van der Waals surface area contributed by atoms with Crippen LogP contribution in [0.15, 0.2) is 75.9 Å². The number of aromatic hydroxyl groups is 1. The van der Waals surface area contributed by atoms with Gasteiger partial charge in [0.05, 0.1) is 27.9 Å². The van der Waals surface area contributed by atoms with Gasteiger partial charge in [-0.15, -0.1) is 0 Å². The van der Waals surface area contributed by atoms with E-state index < -0.39 is 11.8 Å². The smallest absolute Gasteiger partial charge is 0.287 e. The molecule has 0 fully saturated rings. The number of hydrogen-bond acceptors (Lipinski definition) is 6. The normalized spacial score (nSPS) is 11.4. The van der Waals surface area contributed by atoms with Crippen LogP contribution < -0.4 is 20.4 Å². The lowest BCUT2D eigenvalue weighted by atomic mass is 10.1. The average molecular weight is 614 g/mol. The Morgan fingerprint density at radius 1 is 1.05 bits per heavy atom. The molecule has 0 heterocycles. The molecule has 0 aliphatic carbocycles. The first kappa shape index (κ1) is 29.7. The van der Waals surface area contributed by atoms with Crippen LogP contribution >= 0.6 is 27.5 Å². The van der Waals surface area contributed by atoms with Crippen molar-refractivity contribution in [1.29, 1.82) is 0 Å². The van der Waals surface area contributed by atoms with E-state index in [0.717, 1.165) is 18.8 Å². The lowest BCUT2D eigenvalue weighted by Crippen LogP contribution is -2.33. The van der Waals surface area contributed by atoms with Crippen LogP contribution in [0.5, 0.6) is 11.5 Å². The lowest BCUT2D eigenvalue weighted by Gasteiger charge is -2.21. The molecule has 0 radical (unpaired) electrons. The van der Waals surface area contributed by atoms with Crippen LogP contribution in [-0.2, 0) is 4.79 Å². The quantitative estimate of drug-likeness (QED) is 0.140. The SMILES string of the molecule is CCOc1cc(/C=N/NC(=O)/C(=C\c2ccc(N(CC)CC)cc2)NC(=O)c2ccccc2Cl)cc(Br)c1O. The molecule has 0 aromatic heterocycles. The monoisotopic (exact) mass is 612 g/mol. The molecule has 204 valence electrons. The molecule has 3 aromatic rings. The fourth-order valence-corrected chi connectivity index (χ4v) is 4.37. The Morgan fingerprint density at radius 2 is 1.74 bits per heavy atom. The van der Waals surface area contributed by atoms with Crippen LogP contribution in [0.1, 0.15) is 42.3 Å². The minimum atomic E-state index is -0.637. The number of anilines is 1. The number of nitrogens with one attached hydrogen (secondary N) is 2. The van der Waals surface area contributed by atoms with E-state index in [9.17, 15) is 14.7 Å². The van der Waals surface area contributed by atoms with Crippen molar-refractivity contribution in [1.82, 2.24) is 10.7 Å². The predicted octanol–water partition coefficient (Wildman–Crippen LogP) is 5.97. The fraction of sp³-hybridized carbons (Fsp3) is 0.207. The molecule has 0 unspecified atom stereocenters. The number of phenols is 1. The third kappa shape index (κ3) is 8.08. The van der Waals surface area contributed by atoms with Crippen molar-refractivity contribution in [2.24, 2.45) is 5.10 Å². The Kier molecular flexibility index (Phi) is 11.0. The molecule has 2 amide bonds. The average Bonchev–Trinajstić information content (AvgIpc) is 2.92. The van der Waals surface area contributed by atoms with E-state index in [1.807, 2.05) is 24.3 Å². The van der Waals surface area contributed by atoms with E-state index in [-0.39, 0.29) is 27.8 Å². The van der Waals surface area contributed by atoms with Crippen LogP contribution in [0.25, 0.3) is 6.08 Å². The number of hydrogen-bond donors (Lipinski definition) is 3. The number of benzene rings is 3. The summed E-state index contributed by atoms with van der Waals surface area (Å²) >= 11 is 9.46. The summed E-state index contributed by atoms with van der Waals surface area (Å²) < 4.78 is 5.84. The van der Waals surface area contributed by atoms with E-state index in [1.165, 1.54) is 6.21 Å². The third-order valence-corrected chi connectivity index (χ3v) is 6.61. The minimum absolute atomic E-state index is 0.0189. The summed E-state index contributed by atoms with van der Waals surface area (Å²) in [6.45, 7) is 8.07. The van der Waals surface area contributed by atoms with Crippen LogP contribution in [0.3, 0.4) is 0 Å². The molecule has 0 aliphatic rings. The molecule has 8 nitrogen and oxygen atoms in total. The number of rotatable bonds is 11. The van der Waals surface area contributed by atoms with Gasteiger partial charge in [-0.1, -0.05) is 35.9 Å². The topological polar surface area (TPSA) is 103 Å². The van der Waals surface area contributed by atoms with Crippen molar-refractivity contribution < 1.29 is 19.4 Å². The predicted molar refractivity (Wildman–Crippen MR) is 160 cm³/mol. The fourth-order valence-electron chi connectivity index (χ4n) is 3.69. The standard InChI is InChI=1S/C29H30BrClN4O4/c1-4-35(5-2)21-13-11-19(12-14-21)16-25(33-28(37)22-9-7-8-10-24(22)31)29(38)34-32-18-20-15-23(30)27(36)26(17-20)39-6-3/h7-18,36H,4-6H2,1-3H3,(H,33,37)(H,34,38)/b25-16+,32-18+. The van der Waals surface area contributed by atoms with Crippen molar-refractivity contribution in [2.45, 2.75) is 20.8 Å². The second kappa shape index (κ2) is 14.4. The van der Waals surface area contributed by atoms with Gasteiger partial charge in [-0.05, 0) is 90.3 Å². The van der Waals surface area contributed by atoms with Gasteiger partial charge in [0.25, 0.3) is 11.8 Å². The van der Waals surface area contributed by atoms with E-state index >= 15 is 0 Å². The molecule has 0 aliphatic heterocycles. The molecule has 0 saturated carbocycles. The molecule has 0 atom stereocenters. The zero-order valence-electron chi connectivity index (χ0n) is 21.9. The zero-order valence-corrected chi connectivity index (χ0v) is 24.2. The van der Waals surface area contributed by atoms with Gasteiger partial charge >= 0.3 is 0 Å². The van der Waals surface area contributed by atoms with Crippen molar-refractivity contribution in [3.8, 4) is 11.5 Å². The first-order valence-electron chi connectivity index (χ1n) is 12.4. The highest BCUT2D eigenvalue weighted by atomic mass is 79.9. The zero-order chi connectivity index (χ0) is 28.4.